The van der Waals surface area contributed by atoms with Crippen LogP contribution in [-0.2, 0) is 0 Å². The Kier molecular flexibility index (Phi) is 3.39. The van der Waals surface area contributed by atoms with E-state index in [0.29, 0.717) is 22.4 Å². The topological polar surface area (TPSA) is 50.8 Å². The predicted molar refractivity (Wildman–Crippen MR) is 78.8 cm³/mol. The van der Waals surface area contributed by atoms with Gasteiger partial charge >= 0.3 is 0 Å². The van der Waals surface area contributed by atoms with Gasteiger partial charge in [-0.25, -0.2) is 4.98 Å². The number of hydrogen-bond donors (Lipinski definition) is 1. The van der Waals surface area contributed by atoms with Crippen LogP contribution in [-0.4, -0.2) is 22.3 Å². The minimum Gasteiger partial charge on any atom is -0.496 e. The Labute approximate surface area is 121 Å². The summed E-state index contributed by atoms with van der Waals surface area (Å²) in [6, 6.07) is 15.2. The number of hydrogen-bond acceptors (Lipinski definition) is 3. The van der Waals surface area contributed by atoms with Gasteiger partial charge in [0, 0.05) is 10.6 Å². The number of methoxy groups -OCH3 is 1. The molecule has 5 heteroatoms. The standard InChI is InChI=1S/C15H12ClN3O/c1-20-13-9-11(16)7-8-12(13)15-17-14(18-19-15)10-5-3-2-4-6-10/h2-9H,1H3,(H,17,18,19). The van der Waals surface area contributed by atoms with E-state index in [1.165, 1.54) is 0 Å². The summed E-state index contributed by atoms with van der Waals surface area (Å²) in [5.41, 5.74) is 1.79. The van der Waals surface area contributed by atoms with Crippen molar-refractivity contribution in [1.29, 1.82) is 0 Å². The van der Waals surface area contributed by atoms with Crippen LogP contribution in [0.5, 0.6) is 5.75 Å². The second-order valence-corrected chi connectivity index (χ2v) is 4.65. The largest absolute Gasteiger partial charge is 0.496 e. The molecule has 0 bridgehead atoms. The Bertz CT molecular complexity index is 725. The van der Waals surface area contributed by atoms with Gasteiger partial charge in [0.2, 0.25) is 0 Å². The first-order valence-corrected chi connectivity index (χ1v) is 6.47. The molecule has 0 atom stereocenters. The Morgan fingerprint density at radius 2 is 1.90 bits per heavy atom. The number of aromatic amines is 1. The van der Waals surface area contributed by atoms with Crippen LogP contribution < -0.4 is 4.74 Å². The maximum absolute atomic E-state index is 5.96. The van der Waals surface area contributed by atoms with E-state index in [1.54, 1.807) is 19.2 Å². The molecule has 0 aliphatic rings. The van der Waals surface area contributed by atoms with Crippen molar-refractivity contribution in [2.45, 2.75) is 0 Å². The molecule has 0 saturated carbocycles. The summed E-state index contributed by atoms with van der Waals surface area (Å²) >= 11 is 5.96. The fraction of sp³-hybridized carbons (Fsp3) is 0.0667. The average Bonchev–Trinajstić information content (AvgIpc) is 2.97. The van der Waals surface area contributed by atoms with Crippen LogP contribution in [0.3, 0.4) is 0 Å². The highest BCUT2D eigenvalue weighted by atomic mass is 35.5. The lowest BCUT2D eigenvalue weighted by molar-refractivity contribution is 0.416. The Morgan fingerprint density at radius 3 is 2.65 bits per heavy atom. The third-order valence-corrected chi connectivity index (χ3v) is 3.17. The number of halogens is 1. The average molecular weight is 286 g/mol. The monoisotopic (exact) mass is 285 g/mol. The van der Waals surface area contributed by atoms with Gasteiger partial charge in [-0.1, -0.05) is 41.9 Å². The molecule has 4 nitrogen and oxygen atoms in total. The zero-order chi connectivity index (χ0) is 13.9. The summed E-state index contributed by atoms with van der Waals surface area (Å²) in [5, 5.41) is 7.79. The molecule has 100 valence electrons. The van der Waals surface area contributed by atoms with Crippen molar-refractivity contribution in [3.05, 3.63) is 53.6 Å². The summed E-state index contributed by atoms with van der Waals surface area (Å²) in [6.07, 6.45) is 0. The number of rotatable bonds is 3. The van der Waals surface area contributed by atoms with E-state index in [4.69, 9.17) is 16.3 Å². The van der Waals surface area contributed by atoms with E-state index in [9.17, 15) is 0 Å². The normalized spacial score (nSPS) is 10.5. The summed E-state index contributed by atoms with van der Waals surface area (Å²) in [4.78, 5) is 4.50. The van der Waals surface area contributed by atoms with E-state index >= 15 is 0 Å². The van der Waals surface area contributed by atoms with Crippen LogP contribution >= 0.6 is 11.6 Å². The van der Waals surface area contributed by atoms with Crippen LogP contribution in [0.2, 0.25) is 5.02 Å². The second-order valence-electron chi connectivity index (χ2n) is 4.22. The van der Waals surface area contributed by atoms with Crippen molar-refractivity contribution < 1.29 is 4.74 Å². The first kappa shape index (κ1) is 12.7. The molecule has 0 spiro atoms. The summed E-state index contributed by atoms with van der Waals surface area (Å²) in [5.74, 6) is 1.96. The van der Waals surface area contributed by atoms with E-state index in [-0.39, 0.29) is 0 Å². The van der Waals surface area contributed by atoms with Crippen LogP contribution in [0.1, 0.15) is 0 Å². The van der Waals surface area contributed by atoms with Crippen LogP contribution in [0, 0.1) is 0 Å². The van der Waals surface area contributed by atoms with Gasteiger partial charge < -0.3 is 4.74 Å². The molecule has 0 fully saturated rings. The lowest BCUT2D eigenvalue weighted by Gasteiger charge is -2.05. The number of ether oxygens (including phenoxy) is 1. The van der Waals surface area contributed by atoms with Gasteiger partial charge in [0.25, 0.3) is 0 Å². The molecule has 3 rings (SSSR count). The highest BCUT2D eigenvalue weighted by Gasteiger charge is 2.12. The third kappa shape index (κ3) is 2.38. The highest BCUT2D eigenvalue weighted by molar-refractivity contribution is 6.30. The van der Waals surface area contributed by atoms with Gasteiger partial charge in [-0.15, -0.1) is 0 Å². The van der Waals surface area contributed by atoms with E-state index < -0.39 is 0 Å². The maximum atomic E-state index is 5.96. The predicted octanol–water partition coefficient (Wildman–Crippen LogP) is 3.80. The second kappa shape index (κ2) is 5.35. The molecular weight excluding hydrogens is 274 g/mol. The number of aromatic nitrogens is 3. The van der Waals surface area contributed by atoms with Crippen molar-refractivity contribution in [2.75, 3.05) is 7.11 Å². The zero-order valence-electron chi connectivity index (χ0n) is 10.8. The molecule has 3 aromatic rings. The molecule has 0 aliphatic heterocycles. The maximum Gasteiger partial charge on any atom is 0.181 e. The highest BCUT2D eigenvalue weighted by Crippen LogP contribution is 2.31. The molecule has 1 aromatic heterocycles. The summed E-state index contributed by atoms with van der Waals surface area (Å²) in [7, 11) is 1.60. The molecule has 1 N–H and O–H groups in total. The molecular formula is C15H12ClN3O. The first-order chi connectivity index (χ1) is 9.78. The summed E-state index contributed by atoms with van der Waals surface area (Å²) < 4.78 is 5.32. The van der Waals surface area contributed by atoms with E-state index in [2.05, 4.69) is 15.2 Å². The lowest BCUT2D eigenvalue weighted by atomic mass is 10.2. The van der Waals surface area contributed by atoms with Crippen molar-refractivity contribution >= 4 is 11.6 Å². The fourth-order valence-corrected chi connectivity index (χ4v) is 2.12. The molecule has 2 aromatic carbocycles. The minimum absolute atomic E-state index is 0.619. The van der Waals surface area contributed by atoms with Crippen LogP contribution in [0.25, 0.3) is 22.8 Å². The molecule has 20 heavy (non-hydrogen) atoms. The van der Waals surface area contributed by atoms with Gasteiger partial charge in [-0.3, -0.25) is 5.10 Å². The fourth-order valence-electron chi connectivity index (χ4n) is 1.96. The number of H-pyrrole nitrogens is 1. The van der Waals surface area contributed by atoms with Gasteiger partial charge in [-0.2, -0.15) is 5.10 Å². The van der Waals surface area contributed by atoms with Gasteiger partial charge in [0.15, 0.2) is 11.6 Å². The Morgan fingerprint density at radius 1 is 1.10 bits per heavy atom. The Hall–Kier alpha value is -2.33. The van der Waals surface area contributed by atoms with Gasteiger partial charge in [0.1, 0.15) is 5.75 Å². The summed E-state index contributed by atoms with van der Waals surface area (Å²) in [6.45, 7) is 0. The lowest BCUT2D eigenvalue weighted by Crippen LogP contribution is -1.89. The SMILES string of the molecule is COc1cc(Cl)ccc1-c1nc(-c2ccccc2)n[nH]1. The smallest absolute Gasteiger partial charge is 0.181 e. The molecule has 0 radical (unpaired) electrons. The zero-order valence-corrected chi connectivity index (χ0v) is 11.6. The first-order valence-electron chi connectivity index (χ1n) is 6.09. The molecule has 0 unspecified atom stereocenters. The van der Waals surface area contributed by atoms with Crippen molar-refractivity contribution in [3.63, 3.8) is 0 Å². The van der Waals surface area contributed by atoms with Crippen molar-refractivity contribution in [2.24, 2.45) is 0 Å². The number of benzene rings is 2. The molecule has 0 aliphatic carbocycles. The Balaban J connectivity index is 2.02. The number of nitrogens with one attached hydrogen (secondary N) is 1. The number of nitrogens with zero attached hydrogens (tertiary/aromatic N) is 2. The van der Waals surface area contributed by atoms with Gasteiger partial charge in [0.05, 0.1) is 12.7 Å². The van der Waals surface area contributed by atoms with E-state index in [0.717, 1.165) is 11.1 Å². The van der Waals surface area contributed by atoms with Gasteiger partial charge in [-0.05, 0) is 18.2 Å². The minimum atomic E-state index is 0.619. The molecule has 1 heterocycles. The van der Waals surface area contributed by atoms with Crippen LogP contribution in [0.15, 0.2) is 48.5 Å². The molecule has 0 amide bonds. The quantitative estimate of drug-likeness (QED) is 0.796. The molecule has 0 saturated heterocycles. The van der Waals surface area contributed by atoms with Crippen molar-refractivity contribution in [1.82, 2.24) is 15.2 Å². The third-order valence-electron chi connectivity index (χ3n) is 2.94. The van der Waals surface area contributed by atoms with Crippen molar-refractivity contribution in [3.8, 4) is 28.5 Å². The van der Waals surface area contributed by atoms with Crippen LogP contribution in [0.4, 0.5) is 0 Å². The van der Waals surface area contributed by atoms with E-state index in [1.807, 2.05) is 36.4 Å².